The van der Waals surface area contributed by atoms with Gasteiger partial charge in [-0.25, -0.2) is 0 Å². The number of hydrogen-bond donors (Lipinski definition) is 2. The van der Waals surface area contributed by atoms with Crippen molar-refractivity contribution in [2.45, 2.75) is 38.1 Å². The van der Waals surface area contributed by atoms with E-state index in [0.717, 1.165) is 5.56 Å². The van der Waals surface area contributed by atoms with Crippen molar-refractivity contribution in [2.75, 3.05) is 27.9 Å². The minimum absolute atomic E-state index is 0.271. The first-order valence-electron chi connectivity index (χ1n) is 10.2. The van der Waals surface area contributed by atoms with Gasteiger partial charge in [0, 0.05) is 12.5 Å². The molecule has 1 aromatic rings. The Morgan fingerprint density at radius 1 is 1.18 bits per heavy atom. The van der Waals surface area contributed by atoms with Crippen LogP contribution >= 0.6 is 0 Å². The summed E-state index contributed by atoms with van der Waals surface area (Å²) in [5.41, 5.74) is 2.51. The molecule has 0 fully saturated rings. The number of rotatable bonds is 6. The summed E-state index contributed by atoms with van der Waals surface area (Å²) in [5, 5.41) is 13.3. The van der Waals surface area contributed by atoms with E-state index in [1.807, 2.05) is 0 Å². The minimum Gasteiger partial charge on any atom is -0.493 e. The van der Waals surface area contributed by atoms with Crippen LogP contribution in [0.3, 0.4) is 0 Å². The van der Waals surface area contributed by atoms with Crippen LogP contribution in [-0.4, -0.2) is 57.3 Å². The van der Waals surface area contributed by atoms with Gasteiger partial charge in [-0.3, -0.25) is 4.79 Å². The lowest BCUT2D eigenvalue weighted by Gasteiger charge is -2.21. The molecule has 1 aromatic carbocycles. The number of benzene rings is 1. The summed E-state index contributed by atoms with van der Waals surface area (Å²) in [6.07, 6.45) is -0.753. The second-order valence-corrected chi connectivity index (χ2v) is 7.59. The maximum Gasteiger partial charge on any atom is 0.422 e. The van der Waals surface area contributed by atoms with E-state index in [1.54, 1.807) is 12.1 Å². The van der Waals surface area contributed by atoms with Crippen molar-refractivity contribution in [1.29, 1.82) is 0 Å². The smallest absolute Gasteiger partial charge is 0.422 e. The SMILES string of the molecule is COc1cc2c(c(OC)c1OC)C1=C(C=C(OCC(F)(F)F)[C@@H](O)C=C1)[C@@H](NC(C)=O)CC2. The number of methoxy groups -OCH3 is 3. The van der Waals surface area contributed by atoms with Gasteiger partial charge >= 0.3 is 6.18 Å². The van der Waals surface area contributed by atoms with Gasteiger partial charge in [0.15, 0.2) is 18.1 Å². The van der Waals surface area contributed by atoms with Crippen LogP contribution in [0.5, 0.6) is 17.2 Å². The van der Waals surface area contributed by atoms with E-state index < -0.39 is 24.9 Å². The Balaban J connectivity index is 2.27. The molecule has 0 spiro atoms. The van der Waals surface area contributed by atoms with Gasteiger partial charge in [0.25, 0.3) is 0 Å². The molecule has 2 aliphatic carbocycles. The van der Waals surface area contributed by atoms with Crippen molar-refractivity contribution >= 4 is 11.5 Å². The first-order chi connectivity index (χ1) is 15.6. The molecule has 0 bridgehead atoms. The van der Waals surface area contributed by atoms with Crippen LogP contribution in [0.25, 0.3) is 5.57 Å². The molecular weight excluding hydrogens is 443 g/mol. The van der Waals surface area contributed by atoms with Gasteiger partial charge in [-0.15, -0.1) is 0 Å². The second-order valence-electron chi connectivity index (χ2n) is 7.59. The molecule has 0 aliphatic heterocycles. The van der Waals surface area contributed by atoms with E-state index >= 15 is 0 Å². The molecule has 1 amide bonds. The molecule has 2 N–H and O–H groups in total. The van der Waals surface area contributed by atoms with Crippen LogP contribution in [0.15, 0.2) is 35.6 Å². The minimum atomic E-state index is -4.58. The van der Waals surface area contributed by atoms with Gasteiger partial charge in [0.1, 0.15) is 11.9 Å². The van der Waals surface area contributed by atoms with Gasteiger partial charge in [0.05, 0.1) is 27.4 Å². The molecular formula is C23H26F3NO6. The van der Waals surface area contributed by atoms with Crippen LogP contribution < -0.4 is 19.5 Å². The van der Waals surface area contributed by atoms with E-state index in [1.165, 1.54) is 40.4 Å². The number of alkyl halides is 3. The van der Waals surface area contributed by atoms with Gasteiger partial charge in [-0.1, -0.05) is 6.08 Å². The van der Waals surface area contributed by atoms with Crippen molar-refractivity contribution in [3.05, 3.63) is 46.8 Å². The molecule has 0 heterocycles. The largest absolute Gasteiger partial charge is 0.493 e. The number of halogens is 3. The van der Waals surface area contributed by atoms with Crippen molar-refractivity contribution in [2.24, 2.45) is 0 Å². The first-order valence-corrected chi connectivity index (χ1v) is 10.2. The van der Waals surface area contributed by atoms with Crippen molar-refractivity contribution in [1.82, 2.24) is 5.32 Å². The number of nitrogens with one attached hydrogen (secondary N) is 1. The fourth-order valence-electron chi connectivity index (χ4n) is 4.05. The average Bonchev–Trinajstić information content (AvgIpc) is 2.99. The van der Waals surface area contributed by atoms with Gasteiger partial charge < -0.3 is 29.4 Å². The third-order valence-electron chi connectivity index (χ3n) is 5.38. The fourth-order valence-corrected chi connectivity index (χ4v) is 4.05. The van der Waals surface area contributed by atoms with Crippen LogP contribution in [0.1, 0.15) is 24.5 Å². The summed E-state index contributed by atoms with van der Waals surface area (Å²) < 4.78 is 59.9. The van der Waals surface area contributed by atoms with E-state index in [4.69, 9.17) is 18.9 Å². The van der Waals surface area contributed by atoms with Crippen LogP contribution in [0.2, 0.25) is 0 Å². The molecule has 0 saturated heterocycles. The molecule has 2 aliphatic rings. The number of fused-ring (bicyclic) bond motifs is 2. The Hall–Kier alpha value is -3.14. The number of aliphatic hydroxyl groups is 1. The van der Waals surface area contributed by atoms with Gasteiger partial charge in [-0.2, -0.15) is 13.2 Å². The number of allylic oxidation sites excluding steroid dienone is 2. The number of carbonyl (C=O) groups excluding carboxylic acids is 1. The molecule has 3 rings (SSSR count). The maximum absolute atomic E-state index is 12.8. The van der Waals surface area contributed by atoms with Crippen LogP contribution in [0, 0.1) is 0 Å². The van der Waals surface area contributed by atoms with Crippen LogP contribution in [0.4, 0.5) is 13.2 Å². The lowest BCUT2D eigenvalue weighted by molar-refractivity contribution is -0.167. The Labute approximate surface area is 189 Å². The third kappa shape index (κ3) is 5.27. The zero-order valence-corrected chi connectivity index (χ0v) is 18.7. The summed E-state index contributed by atoms with van der Waals surface area (Å²) in [6, 6.07) is 1.25. The number of ether oxygens (including phenoxy) is 4. The van der Waals surface area contributed by atoms with Gasteiger partial charge in [0.2, 0.25) is 11.7 Å². The zero-order chi connectivity index (χ0) is 24.3. The van der Waals surface area contributed by atoms with Crippen molar-refractivity contribution in [3.8, 4) is 17.2 Å². The number of hydrogen-bond acceptors (Lipinski definition) is 6. The monoisotopic (exact) mass is 469 g/mol. The summed E-state index contributed by atoms with van der Waals surface area (Å²) in [6.45, 7) is -0.195. The number of aliphatic hydroxyl groups excluding tert-OH is 1. The highest BCUT2D eigenvalue weighted by Crippen LogP contribution is 2.48. The summed E-state index contributed by atoms with van der Waals surface area (Å²) in [7, 11) is 4.44. The molecule has 0 unspecified atom stereocenters. The highest BCUT2D eigenvalue weighted by molar-refractivity contribution is 5.88. The predicted molar refractivity (Wildman–Crippen MR) is 114 cm³/mol. The quantitative estimate of drug-likeness (QED) is 0.665. The number of carbonyl (C=O) groups is 1. The molecule has 7 nitrogen and oxygen atoms in total. The molecule has 0 aromatic heterocycles. The number of aryl methyl sites for hydroxylation is 1. The zero-order valence-electron chi connectivity index (χ0n) is 18.7. The normalized spacial score (nSPS) is 20.1. The molecule has 0 saturated carbocycles. The van der Waals surface area contributed by atoms with E-state index in [9.17, 15) is 23.1 Å². The van der Waals surface area contributed by atoms with Crippen molar-refractivity contribution in [3.63, 3.8) is 0 Å². The van der Waals surface area contributed by atoms with Crippen LogP contribution in [-0.2, 0) is 16.0 Å². The fraction of sp³-hybridized carbons (Fsp3) is 0.435. The Morgan fingerprint density at radius 2 is 1.88 bits per heavy atom. The standard InChI is InChI=1S/C23H26F3NO6/c1-12(28)27-16-7-5-13-9-19(30-2)21(31-3)22(32-4)20(13)14-6-8-17(29)18(10-15(14)16)33-11-23(24,25)26/h6,8-10,16-17,29H,5,7,11H2,1-4H3,(H,27,28)/t16-,17-/m0/s1. The Morgan fingerprint density at radius 3 is 2.45 bits per heavy atom. The maximum atomic E-state index is 12.8. The molecule has 10 heteroatoms. The van der Waals surface area contributed by atoms with E-state index in [2.05, 4.69) is 5.32 Å². The molecule has 2 atom stereocenters. The lowest BCUT2D eigenvalue weighted by Crippen LogP contribution is -2.34. The highest BCUT2D eigenvalue weighted by atomic mass is 19.4. The first kappa shape index (κ1) is 24.5. The summed E-state index contributed by atoms with van der Waals surface area (Å²) in [4.78, 5) is 11.9. The third-order valence-corrected chi connectivity index (χ3v) is 5.38. The van der Waals surface area contributed by atoms with Crippen molar-refractivity contribution < 1.29 is 42.0 Å². The lowest BCUT2D eigenvalue weighted by atomic mass is 9.93. The van der Waals surface area contributed by atoms with Gasteiger partial charge in [-0.05, 0) is 47.8 Å². The molecule has 33 heavy (non-hydrogen) atoms. The topological polar surface area (TPSA) is 86.2 Å². The average molecular weight is 469 g/mol. The highest BCUT2D eigenvalue weighted by Gasteiger charge is 2.33. The van der Waals surface area contributed by atoms with E-state index in [0.29, 0.717) is 46.8 Å². The summed E-state index contributed by atoms with van der Waals surface area (Å²) in [5.74, 6) is 0.594. The molecule has 0 radical (unpaired) electrons. The van der Waals surface area contributed by atoms with E-state index in [-0.39, 0.29) is 11.7 Å². The number of amides is 1. The summed E-state index contributed by atoms with van der Waals surface area (Å²) >= 11 is 0. The Kier molecular flexibility index (Phi) is 7.26. The predicted octanol–water partition coefficient (Wildman–Crippen LogP) is 3.31. The second kappa shape index (κ2) is 9.78. The molecule has 180 valence electrons. The Bertz CT molecular complexity index is 1010.